The lowest BCUT2D eigenvalue weighted by Gasteiger charge is -2.07. The van der Waals surface area contributed by atoms with Crippen molar-refractivity contribution in [2.45, 2.75) is 6.92 Å². The topological polar surface area (TPSA) is 69.6 Å². The van der Waals surface area contributed by atoms with Crippen LogP contribution in [0.3, 0.4) is 0 Å². The van der Waals surface area contributed by atoms with E-state index in [4.69, 9.17) is 5.73 Å². The fourth-order valence-electron chi connectivity index (χ4n) is 2.12. The standard InChI is InChI=1S/C14H11F2N5/c1-8-2-10(15)7-13(3-8)21-14(18-19-20-21)9-4-11(16)6-12(17)5-9/h2-7H,17H2,1H3. The first-order chi connectivity index (χ1) is 10.0. The normalized spacial score (nSPS) is 10.8. The maximum absolute atomic E-state index is 13.5. The Balaban J connectivity index is 2.16. The van der Waals surface area contributed by atoms with Crippen molar-refractivity contribution >= 4 is 5.69 Å². The van der Waals surface area contributed by atoms with Gasteiger partial charge in [-0.1, -0.05) is 0 Å². The molecule has 0 aliphatic carbocycles. The molecule has 0 spiro atoms. The summed E-state index contributed by atoms with van der Waals surface area (Å²) >= 11 is 0. The van der Waals surface area contributed by atoms with Crippen molar-refractivity contribution in [3.8, 4) is 17.1 Å². The molecule has 2 aromatic carbocycles. The van der Waals surface area contributed by atoms with Crippen molar-refractivity contribution < 1.29 is 8.78 Å². The van der Waals surface area contributed by atoms with Crippen LogP contribution < -0.4 is 5.73 Å². The summed E-state index contributed by atoms with van der Waals surface area (Å²) in [5, 5.41) is 11.3. The number of hydrogen-bond acceptors (Lipinski definition) is 4. The van der Waals surface area contributed by atoms with E-state index in [0.717, 1.165) is 5.56 Å². The molecule has 106 valence electrons. The zero-order valence-corrected chi connectivity index (χ0v) is 11.1. The van der Waals surface area contributed by atoms with Crippen LogP contribution in [-0.2, 0) is 0 Å². The molecule has 0 aliphatic heterocycles. The molecular formula is C14H11F2N5. The highest BCUT2D eigenvalue weighted by Crippen LogP contribution is 2.23. The maximum atomic E-state index is 13.5. The molecule has 7 heteroatoms. The van der Waals surface area contributed by atoms with Gasteiger partial charge in [0.05, 0.1) is 5.69 Å². The van der Waals surface area contributed by atoms with Crippen molar-refractivity contribution in [3.05, 3.63) is 53.6 Å². The Morgan fingerprint density at radius 1 is 1.00 bits per heavy atom. The Labute approximate surface area is 119 Å². The number of hydrogen-bond donors (Lipinski definition) is 1. The number of nitrogens with zero attached hydrogens (tertiary/aromatic N) is 4. The number of nitrogen functional groups attached to an aromatic ring is 1. The lowest BCUT2D eigenvalue weighted by Crippen LogP contribution is -2.02. The van der Waals surface area contributed by atoms with Crippen molar-refractivity contribution in [2.75, 3.05) is 5.73 Å². The predicted octanol–water partition coefficient (Wildman–Crippen LogP) is 2.50. The summed E-state index contributed by atoms with van der Waals surface area (Å²) in [4.78, 5) is 0. The van der Waals surface area contributed by atoms with Crippen LogP contribution in [-0.4, -0.2) is 20.2 Å². The maximum Gasteiger partial charge on any atom is 0.187 e. The average molecular weight is 287 g/mol. The number of tetrazole rings is 1. The number of anilines is 1. The third kappa shape index (κ3) is 2.58. The van der Waals surface area contributed by atoms with Crippen molar-refractivity contribution in [2.24, 2.45) is 0 Å². The quantitative estimate of drug-likeness (QED) is 0.735. The Kier molecular flexibility index (Phi) is 3.09. The third-order valence-electron chi connectivity index (χ3n) is 2.92. The van der Waals surface area contributed by atoms with Gasteiger partial charge in [0.15, 0.2) is 5.82 Å². The zero-order valence-electron chi connectivity index (χ0n) is 11.1. The van der Waals surface area contributed by atoms with Crippen molar-refractivity contribution in [1.29, 1.82) is 0 Å². The first-order valence-electron chi connectivity index (χ1n) is 6.15. The van der Waals surface area contributed by atoms with Crippen molar-refractivity contribution in [1.82, 2.24) is 20.2 Å². The van der Waals surface area contributed by atoms with Crippen molar-refractivity contribution in [3.63, 3.8) is 0 Å². The second-order valence-electron chi connectivity index (χ2n) is 4.67. The van der Waals surface area contributed by atoms with E-state index >= 15 is 0 Å². The van der Waals surface area contributed by atoms with Gasteiger partial charge in [0.1, 0.15) is 11.6 Å². The molecule has 0 aliphatic rings. The van der Waals surface area contributed by atoms with Gasteiger partial charge in [0.2, 0.25) is 0 Å². The van der Waals surface area contributed by atoms with Gasteiger partial charge in [-0.3, -0.25) is 0 Å². The zero-order chi connectivity index (χ0) is 15.0. The van der Waals surface area contributed by atoms with Gasteiger partial charge in [0, 0.05) is 11.3 Å². The van der Waals surface area contributed by atoms with Crippen LogP contribution in [0.2, 0.25) is 0 Å². The van der Waals surface area contributed by atoms with Gasteiger partial charge in [-0.2, -0.15) is 4.68 Å². The number of aromatic nitrogens is 4. The van der Waals surface area contributed by atoms with Gasteiger partial charge >= 0.3 is 0 Å². The molecule has 0 bridgehead atoms. The van der Waals surface area contributed by atoms with Crippen LogP contribution >= 0.6 is 0 Å². The van der Waals surface area contributed by atoms with Crippen LogP contribution in [0.5, 0.6) is 0 Å². The largest absolute Gasteiger partial charge is 0.399 e. The molecule has 0 fully saturated rings. The smallest absolute Gasteiger partial charge is 0.187 e. The summed E-state index contributed by atoms with van der Waals surface area (Å²) in [7, 11) is 0. The molecule has 0 unspecified atom stereocenters. The van der Waals surface area contributed by atoms with Gasteiger partial charge < -0.3 is 5.73 Å². The van der Waals surface area contributed by atoms with E-state index in [1.165, 1.54) is 28.9 Å². The number of halogens is 2. The molecule has 21 heavy (non-hydrogen) atoms. The first kappa shape index (κ1) is 13.2. The van der Waals surface area contributed by atoms with Crippen LogP contribution in [0.4, 0.5) is 14.5 Å². The monoisotopic (exact) mass is 287 g/mol. The number of benzene rings is 2. The summed E-state index contributed by atoms with van der Waals surface area (Å²) in [6.07, 6.45) is 0. The fourth-order valence-corrected chi connectivity index (χ4v) is 2.12. The highest BCUT2D eigenvalue weighted by molar-refractivity contribution is 5.62. The number of rotatable bonds is 2. The lowest BCUT2D eigenvalue weighted by molar-refractivity contribution is 0.623. The molecular weight excluding hydrogens is 276 g/mol. The minimum Gasteiger partial charge on any atom is -0.399 e. The Morgan fingerprint density at radius 3 is 2.48 bits per heavy atom. The van der Waals surface area contributed by atoms with E-state index < -0.39 is 11.6 Å². The predicted molar refractivity (Wildman–Crippen MR) is 73.7 cm³/mol. The molecule has 1 aromatic heterocycles. The molecule has 1 heterocycles. The average Bonchev–Trinajstić information content (AvgIpc) is 2.85. The Morgan fingerprint density at radius 2 is 1.76 bits per heavy atom. The molecule has 3 aromatic rings. The summed E-state index contributed by atoms with van der Waals surface area (Å²) in [6.45, 7) is 1.76. The van der Waals surface area contributed by atoms with E-state index in [2.05, 4.69) is 15.5 Å². The summed E-state index contributed by atoms with van der Waals surface area (Å²) in [5.74, 6) is -0.605. The van der Waals surface area contributed by atoms with Crippen LogP contribution in [0, 0.1) is 18.6 Å². The highest BCUT2D eigenvalue weighted by atomic mass is 19.1. The van der Waals surface area contributed by atoms with E-state index in [1.54, 1.807) is 19.1 Å². The summed E-state index contributed by atoms with van der Waals surface area (Å²) < 4.78 is 28.3. The second-order valence-corrected chi connectivity index (χ2v) is 4.67. The van der Waals surface area contributed by atoms with E-state index in [9.17, 15) is 8.78 Å². The Hall–Kier alpha value is -2.83. The van der Waals surface area contributed by atoms with Crippen LogP contribution in [0.15, 0.2) is 36.4 Å². The summed E-state index contributed by atoms with van der Waals surface area (Å²) in [5.41, 5.74) is 7.48. The second kappa shape index (κ2) is 4.93. The van der Waals surface area contributed by atoms with Gasteiger partial charge in [-0.15, -0.1) is 5.10 Å². The van der Waals surface area contributed by atoms with Crippen LogP contribution in [0.1, 0.15) is 5.56 Å². The minimum absolute atomic E-state index is 0.259. The Bertz CT molecular complexity index is 706. The number of aryl methyl sites for hydroxylation is 1. The van der Waals surface area contributed by atoms with E-state index in [0.29, 0.717) is 11.3 Å². The molecule has 0 saturated carbocycles. The molecule has 5 nitrogen and oxygen atoms in total. The number of nitrogens with two attached hydrogens (primary N) is 1. The van der Waals surface area contributed by atoms with E-state index in [-0.39, 0.29) is 11.5 Å². The minimum atomic E-state index is -0.491. The van der Waals surface area contributed by atoms with Gasteiger partial charge in [-0.25, -0.2) is 8.78 Å². The summed E-state index contributed by atoms with van der Waals surface area (Å²) in [6, 6.07) is 8.45. The third-order valence-corrected chi connectivity index (χ3v) is 2.92. The highest BCUT2D eigenvalue weighted by Gasteiger charge is 2.13. The van der Waals surface area contributed by atoms with E-state index in [1.807, 2.05) is 0 Å². The molecule has 0 amide bonds. The lowest BCUT2D eigenvalue weighted by atomic mass is 10.1. The SMILES string of the molecule is Cc1cc(F)cc(-n2nnnc2-c2cc(N)cc(F)c2)c1. The molecule has 3 rings (SSSR count). The first-order valence-corrected chi connectivity index (χ1v) is 6.15. The van der Waals surface area contributed by atoms with Gasteiger partial charge in [-0.05, 0) is 59.3 Å². The van der Waals surface area contributed by atoms with Gasteiger partial charge in [0.25, 0.3) is 0 Å². The molecule has 2 N–H and O–H groups in total. The molecule has 0 radical (unpaired) electrons. The van der Waals surface area contributed by atoms with Crippen LogP contribution in [0.25, 0.3) is 17.1 Å². The fraction of sp³-hybridized carbons (Fsp3) is 0.0714. The molecule has 0 atom stereocenters. The molecule has 0 saturated heterocycles.